The van der Waals surface area contributed by atoms with Gasteiger partial charge in [0.2, 0.25) is 0 Å². The lowest BCUT2D eigenvalue weighted by molar-refractivity contribution is 0.0697. The van der Waals surface area contributed by atoms with Crippen LogP contribution in [0.2, 0.25) is 0 Å². The van der Waals surface area contributed by atoms with E-state index >= 15 is 0 Å². The molecule has 6 nitrogen and oxygen atoms in total. The number of aromatic carboxylic acids is 1. The molecule has 0 fully saturated rings. The zero-order chi connectivity index (χ0) is 14.4. The number of benzene rings is 1. The van der Waals surface area contributed by atoms with Crippen LogP contribution in [0.3, 0.4) is 0 Å². The molecule has 0 spiro atoms. The van der Waals surface area contributed by atoms with Crippen molar-refractivity contribution in [1.29, 1.82) is 10.5 Å². The molecule has 0 radical (unpaired) electrons. The number of carboxylic acid groups (broad SMARTS) is 1. The van der Waals surface area contributed by atoms with Gasteiger partial charge in [0.1, 0.15) is 17.7 Å². The van der Waals surface area contributed by atoms with E-state index in [1.54, 1.807) is 43.3 Å². The van der Waals surface area contributed by atoms with E-state index < -0.39 is 5.97 Å². The molecule has 0 amide bonds. The van der Waals surface area contributed by atoms with Crippen molar-refractivity contribution < 1.29 is 9.90 Å². The Morgan fingerprint density at radius 3 is 2.47 bits per heavy atom. The maximum Gasteiger partial charge on any atom is 0.337 e. The Morgan fingerprint density at radius 2 is 2.00 bits per heavy atom. The first-order valence-corrected chi connectivity index (χ1v) is 5.31. The highest BCUT2D eigenvalue weighted by atomic mass is 16.4. The Hall–Kier alpha value is -2.99. The Kier molecular flexibility index (Phi) is 4.50. The fourth-order valence-electron chi connectivity index (χ4n) is 1.43. The Bertz CT molecular complexity index is 590. The molecule has 0 heterocycles. The van der Waals surface area contributed by atoms with E-state index in [1.165, 1.54) is 12.3 Å². The highest BCUT2D eigenvalue weighted by molar-refractivity contribution is 5.95. The molecule has 0 aliphatic carbocycles. The second-order valence-corrected chi connectivity index (χ2v) is 3.86. The molecule has 0 unspecified atom stereocenters. The van der Waals surface area contributed by atoms with E-state index in [-0.39, 0.29) is 11.1 Å². The van der Waals surface area contributed by atoms with Gasteiger partial charge in [-0.15, -0.1) is 0 Å². The molecule has 0 saturated heterocycles. The summed E-state index contributed by atoms with van der Waals surface area (Å²) in [6.07, 6.45) is 1.23. The van der Waals surface area contributed by atoms with Gasteiger partial charge in [0.25, 0.3) is 0 Å². The summed E-state index contributed by atoms with van der Waals surface area (Å²) in [5, 5.41) is 29.0. The van der Waals surface area contributed by atoms with Gasteiger partial charge in [-0.3, -0.25) is 0 Å². The van der Waals surface area contributed by atoms with Gasteiger partial charge in [-0.25, -0.2) is 4.79 Å². The number of hydrogen-bond acceptors (Lipinski definition) is 5. The molecule has 0 bridgehead atoms. The normalized spacial score (nSPS) is 8.84. The molecule has 1 aromatic rings. The van der Waals surface area contributed by atoms with E-state index in [4.69, 9.17) is 15.6 Å². The third-order valence-electron chi connectivity index (χ3n) is 2.33. The molecule has 6 heteroatoms. The number of anilines is 2. The minimum Gasteiger partial charge on any atom is -0.478 e. The van der Waals surface area contributed by atoms with Gasteiger partial charge in [-0.1, -0.05) is 0 Å². The lowest BCUT2D eigenvalue weighted by Crippen LogP contribution is -2.14. The number of carbonyl (C=O) groups is 1. The van der Waals surface area contributed by atoms with Gasteiger partial charge in [0.15, 0.2) is 0 Å². The average molecular weight is 256 g/mol. The molecule has 1 aromatic carbocycles. The summed E-state index contributed by atoms with van der Waals surface area (Å²) in [4.78, 5) is 12.8. The molecule has 0 aliphatic heterocycles. The van der Waals surface area contributed by atoms with Crippen LogP contribution in [0.1, 0.15) is 10.4 Å². The zero-order valence-electron chi connectivity index (χ0n) is 10.5. The summed E-state index contributed by atoms with van der Waals surface area (Å²) < 4.78 is 0. The first-order valence-electron chi connectivity index (χ1n) is 5.31. The summed E-state index contributed by atoms with van der Waals surface area (Å²) in [6.45, 7) is 0. The smallest absolute Gasteiger partial charge is 0.337 e. The van der Waals surface area contributed by atoms with Crippen LogP contribution in [0.4, 0.5) is 11.4 Å². The highest BCUT2D eigenvalue weighted by Gasteiger charge is 2.12. The number of nitrogens with zero attached hydrogens (tertiary/aromatic N) is 3. The van der Waals surface area contributed by atoms with Crippen LogP contribution in [0, 0.1) is 22.7 Å². The van der Waals surface area contributed by atoms with Crippen LogP contribution < -0.4 is 10.2 Å². The first-order chi connectivity index (χ1) is 8.99. The van der Waals surface area contributed by atoms with E-state index in [1.807, 2.05) is 0 Å². The molecule has 96 valence electrons. The number of rotatable bonds is 4. The fourth-order valence-corrected chi connectivity index (χ4v) is 1.43. The van der Waals surface area contributed by atoms with Crippen LogP contribution in [-0.4, -0.2) is 25.2 Å². The van der Waals surface area contributed by atoms with Crippen LogP contribution in [-0.2, 0) is 0 Å². The third-order valence-corrected chi connectivity index (χ3v) is 2.33. The quantitative estimate of drug-likeness (QED) is 0.796. The standard InChI is InChI=1S/C13H12N4O2/c1-17(2)12-4-3-10(5-11(12)13(18)19)16-8-9(6-14)7-15/h3-5,8,16H,1-2H3,(H,18,19). The molecule has 0 aromatic heterocycles. The first kappa shape index (κ1) is 14.1. The maximum atomic E-state index is 11.2. The van der Waals surface area contributed by atoms with Crippen molar-refractivity contribution in [2.75, 3.05) is 24.3 Å². The lowest BCUT2D eigenvalue weighted by Gasteiger charge is -2.16. The minimum absolute atomic E-state index is 0.0893. The largest absolute Gasteiger partial charge is 0.478 e. The predicted octanol–water partition coefficient (Wildman–Crippen LogP) is 1.79. The molecule has 0 atom stereocenters. The number of hydrogen-bond donors (Lipinski definition) is 2. The van der Waals surface area contributed by atoms with Crippen LogP contribution in [0.15, 0.2) is 30.0 Å². The van der Waals surface area contributed by atoms with Crippen molar-refractivity contribution in [3.8, 4) is 12.1 Å². The molecule has 0 aliphatic rings. The van der Waals surface area contributed by atoms with Crippen LogP contribution >= 0.6 is 0 Å². The Labute approximate surface area is 110 Å². The summed E-state index contributed by atoms with van der Waals surface area (Å²) in [7, 11) is 3.50. The van der Waals surface area contributed by atoms with Crippen molar-refractivity contribution in [1.82, 2.24) is 0 Å². The van der Waals surface area contributed by atoms with Crippen molar-refractivity contribution in [3.05, 3.63) is 35.5 Å². The van der Waals surface area contributed by atoms with Gasteiger partial charge >= 0.3 is 5.97 Å². The van der Waals surface area contributed by atoms with Crippen molar-refractivity contribution in [2.45, 2.75) is 0 Å². The van der Waals surface area contributed by atoms with Crippen molar-refractivity contribution >= 4 is 17.3 Å². The summed E-state index contributed by atoms with van der Waals surface area (Å²) in [5.74, 6) is -1.04. The third kappa shape index (κ3) is 3.48. The fraction of sp³-hybridized carbons (Fsp3) is 0.154. The van der Waals surface area contributed by atoms with Crippen molar-refractivity contribution in [2.24, 2.45) is 0 Å². The van der Waals surface area contributed by atoms with E-state index in [9.17, 15) is 4.79 Å². The monoisotopic (exact) mass is 256 g/mol. The molecule has 1 rings (SSSR count). The number of carboxylic acids is 1. The van der Waals surface area contributed by atoms with Gasteiger partial charge in [-0.05, 0) is 18.2 Å². The van der Waals surface area contributed by atoms with Gasteiger partial charge in [0.05, 0.1) is 11.3 Å². The van der Waals surface area contributed by atoms with Gasteiger partial charge in [-0.2, -0.15) is 10.5 Å². The second kappa shape index (κ2) is 6.08. The summed E-state index contributed by atoms with van der Waals surface area (Å²) in [5.41, 5.74) is 1.11. The lowest BCUT2D eigenvalue weighted by atomic mass is 10.1. The summed E-state index contributed by atoms with van der Waals surface area (Å²) in [6, 6.07) is 8.17. The Balaban J connectivity index is 3.11. The maximum absolute atomic E-state index is 11.2. The second-order valence-electron chi connectivity index (χ2n) is 3.86. The molecular weight excluding hydrogens is 244 g/mol. The van der Waals surface area contributed by atoms with Gasteiger partial charge in [0, 0.05) is 26.0 Å². The van der Waals surface area contributed by atoms with Gasteiger partial charge < -0.3 is 15.3 Å². The van der Waals surface area contributed by atoms with E-state index in [0.717, 1.165) is 0 Å². The molecule has 19 heavy (non-hydrogen) atoms. The summed E-state index contributed by atoms with van der Waals surface area (Å²) >= 11 is 0. The number of allylic oxidation sites excluding steroid dienone is 1. The minimum atomic E-state index is -1.04. The Morgan fingerprint density at radius 1 is 1.37 bits per heavy atom. The average Bonchev–Trinajstić information content (AvgIpc) is 2.39. The number of nitrogens with one attached hydrogen (secondary N) is 1. The van der Waals surface area contributed by atoms with Crippen LogP contribution in [0.5, 0.6) is 0 Å². The van der Waals surface area contributed by atoms with E-state index in [2.05, 4.69) is 5.32 Å². The predicted molar refractivity (Wildman–Crippen MR) is 70.7 cm³/mol. The number of nitriles is 2. The van der Waals surface area contributed by atoms with E-state index in [0.29, 0.717) is 11.4 Å². The topological polar surface area (TPSA) is 100 Å². The highest BCUT2D eigenvalue weighted by Crippen LogP contribution is 2.23. The van der Waals surface area contributed by atoms with Crippen molar-refractivity contribution in [3.63, 3.8) is 0 Å². The molecule has 2 N–H and O–H groups in total. The SMILES string of the molecule is CN(C)c1ccc(NC=C(C#N)C#N)cc1C(=O)O. The molecular formula is C13H12N4O2. The zero-order valence-corrected chi connectivity index (χ0v) is 10.5. The molecule has 0 saturated carbocycles. The van der Waals surface area contributed by atoms with Crippen LogP contribution in [0.25, 0.3) is 0 Å².